The van der Waals surface area contributed by atoms with Crippen LogP contribution in [0.4, 0.5) is 0 Å². The zero-order valence-corrected chi connectivity index (χ0v) is 16.0. The maximum Gasteiger partial charge on any atom is 0.338 e. The first kappa shape index (κ1) is 19.6. The number of carbonyl (C=O) groups is 2. The molecular weight excluding hydrogens is 380 g/mol. The van der Waals surface area contributed by atoms with Crippen molar-refractivity contribution in [2.75, 3.05) is 6.61 Å². The Morgan fingerprint density at radius 1 is 1.21 bits per heavy atom. The van der Waals surface area contributed by atoms with E-state index < -0.39 is 5.97 Å². The lowest BCUT2D eigenvalue weighted by atomic mass is 10.1. The molecule has 1 aromatic heterocycles. The molecule has 2 aromatic carbocycles. The molecule has 0 aliphatic heterocycles. The van der Waals surface area contributed by atoms with Gasteiger partial charge < -0.3 is 10.1 Å². The summed E-state index contributed by atoms with van der Waals surface area (Å²) in [5.41, 5.74) is 2.21. The molecule has 0 unspecified atom stereocenters. The molecule has 0 saturated heterocycles. The summed E-state index contributed by atoms with van der Waals surface area (Å²) in [6, 6.07) is 13.9. The third-order valence-corrected chi connectivity index (χ3v) is 4.30. The zero-order valence-electron chi connectivity index (χ0n) is 15.2. The zero-order chi connectivity index (χ0) is 19.9. The lowest BCUT2D eigenvalue weighted by Gasteiger charge is -2.14. The summed E-state index contributed by atoms with van der Waals surface area (Å²) in [5.74, 6) is -0.943. The number of nitrogens with zero attached hydrogens (tertiary/aromatic N) is 3. The van der Waals surface area contributed by atoms with Gasteiger partial charge in [-0.05, 0) is 42.3 Å². The minimum Gasteiger partial charge on any atom is -0.452 e. The fourth-order valence-electron chi connectivity index (χ4n) is 2.60. The molecule has 1 heterocycles. The van der Waals surface area contributed by atoms with E-state index in [1.54, 1.807) is 47.4 Å². The molecule has 0 radical (unpaired) electrons. The second kappa shape index (κ2) is 9.14. The summed E-state index contributed by atoms with van der Waals surface area (Å²) < 4.78 is 6.77. The fourth-order valence-corrected chi connectivity index (χ4v) is 2.80. The van der Waals surface area contributed by atoms with Gasteiger partial charge in [-0.2, -0.15) is 5.10 Å². The first-order valence-electron chi connectivity index (χ1n) is 8.64. The van der Waals surface area contributed by atoms with Crippen molar-refractivity contribution in [3.8, 4) is 0 Å². The lowest BCUT2D eigenvalue weighted by Crippen LogP contribution is -2.31. The fraction of sp³-hybridized carbons (Fsp3) is 0.200. The van der Waals surface area contributed by atoms with Crippen LogP contribution in [0, 0.1) is 0 Å². The van der Waals surface area contributed by atoms with Crippen molar-refractivity contribution < 1.29 is 14.3 Å². The van der Waals surface area contributed by atoms with Crippen LogP contribution >= 0.6 is 11.6 Å². The molecular formula is C20H19ClN4O3. The average molecular weight is 399 g/mol. The van der Waals surface area contributed by atoms with Crippen LogP contribution in [-0.2, 0) is 16.1 Å². The average Bonchev–Trinajstić information content (AvgIpc) is 3.19. The Labute approximate surface area is 167 Å². The van der Waals surface area contributed by atoms with Gasteiger partial charge in [-0.15, -0.1) is 0 Å². The van der Waals surface area contributed by atoms with E-state index in [4.69, 9.17) is 16.3 Å². The monoisotopic (exact) mass is 398 g/mol. The smallest absolute Gasteiger partial charge is 0.338 e. The van der Waals surface area contributed by atoms with Crippen LogP contribution in [0.25, 0.3) is 0 Å². The van der Waals surface area contributed by atoms with Crippen LogP contribution in [0.2, 0.25) is 5.02 Å². The molecule has 1 atom stereocenters. The van der Waals surface area contributed by atoms with Gasteiger partial charge in [-0.25, -0.2) is 14.5 Å². The number of nitrogens with one attached hydrogen (secondary N) is 1. The molecule has 0 aliphatic carbocycles. The van der Waals surface area contributed by atoms with E-state index in [2.05, 4.69) is 15.4 Å². The Morgan fingerprint density at radius 2 is 2.00 bits per heavy atom. The first-order chi connectivity index (χ1) is 13.5. The Bertz CT molecular complexity index is 942. The van der Waals surface area contributed by atoms with Crippen molar-refractivity contribution >= 4 is 23.5 Å². The molecule has 7 nitrogen and oxygen atoms in total. The molecule has 0 saturated carbocycles. The molecule has 0 fully saturated rings. The van der Waals surface area contributed by atoms with Gasteiger partial charge >= 0.3 is 5.97 Å². The second-order valence-electron chi connectivity index (χ2n) is 6.21. The van der Waals surface area contributed by atoms with Crippen LogP contribution in [0.5, 0.6) is 0 Å². The van der Waals surface area contributed by atoms with Gasteiger partial charge in [0, 0.05) is 5.02 Å². The van der Waals surface area contributed by atoms with Crippen molar-refractivity contribution in [3.63, 3.8) is 0 Å². The molecule has 0 spiro atoms. The summed E-state index contributed by atoms with van der Waals surface area (Å²) in [7, 11) is 0. The SMILES string of the molecule is C[C@@H](NC(=O)COC(=O)c1ccc(Cn2cncn2)cc1)c1cccc(Cl)c1. The van der Waals surface area contributed by atoms with Crippen molar-refractivity contribution in [2.24, 2.45) is 0 Å². The van der Waals surface area contributed by atoms with Crippen molar-refractivity contribution in [1.29, 1.82) is 0 Å². The number of amides is 1. The summed E-state index contributed by atoms with van der Waals surface area (Å²) in [6.45, 7) is 2.03. The van der Waals surface area contributed by atoms with Crippen molar-refractivity contribution in [2.45, 2.75) is 19.5 Å². The number of hydrogen-bond acceptors (Lipinski definition) is 5. The van der Waals surface area contributed by atoms with Crippen molar-refractivity contribution in [1.82, 2.24) is 20.1 Å². The number of esters is 1. The molecule has 1 amide bonds. The predicted octanol–water partition coefficient (Wildman–Crippen LogP) is 3.01. The maximum atomic E-state index is 12.1. The van der Waals surface area contributed by atoms with Crippen LogP contribution in [0.15, 0.2) is 61.2 Å². The Balaban J connectivity index is 1.48. The van der Waals surface area contributed by atoms with E-state index in [1.165, 1.54) is 6.33 Å². The Kier molecular flexibility index (Phi) is 6.39. The van der Waals surface area contributed by atoms with Gasteiger partial charge in [-0.3, -0.25) is 4.79 Å². The Hall–Kier alpha value is -3.19. The maximum absolute atomic E-state index is 12.1. The third-order valence-electron chi connectivity index (χ3n) is 4.06. The van der Waals surface area contributed by atoms with E-state index in [9.17, 15) is 9.59 Å². The first-order valence-corrected chi connectivity index (χ1v) is 9.02. The highest BCUT2D eigenvalue weighted by Crippen LogP contribution is 2.17. The number of rotatable bonds is 7. The van der Waals surface area contributed by atoms with Gasteiger partial charge in [0.05, 0.1) is 18.2 Å². The van der Waals surface area contributed by atoms with Gasteiger partial charge in [0.15, 0.2) is 6.61 Å². The quantitative estimate of drug-likeness (QED) is 0.618. The summed E-state index contributed by atoms with van der Waals surface area (Å²) in [6.07, 6.45) is 3.08. The Morgan fingerprint density at radius 3 is 2.68 bits per heavy atom. The summed E-state index contributed by atoms with van der Waals surface area (Å²) in [4.78, 5) is 28.1. The molecule has 3 rings (SSSR count). The normalized spacial score (nSPS) is 11.6. The number of halogens is 1. The molecule has 28 heavy (non-hydrogen) atoms. The minimum atomic E-state index is -0.558. The topological polar surface area (TPSA) is 86.1 Å². The van der Waals surface area contributed by atoms with Crippen LogP contribution in [-0.4, -0.2) is 33.2 Å². The van der Waals surface area contributed by atoms with Gasteiger partial charge in [0.2, 0.25) is 0 Å². The predicted molar refractivity (Wildman–Crippen MR) is 104 cm³/mol. The highest BCUT2D eigenvalue weighted by atomic mass is 35.5. The molecule has 1 N–H and O–H groups in total. The standard InChI is InChI=1S/C20H19ClN4O3/c1-14(17-3-2-4-18(21)9-17)24-19(26)11-28-20(27)16-7-5-15(6-8-16)10-25-13-22-12-23-25/h2-9,12-14H,10-11H2,1H3,(H,24,26)/t14-/m1/s1. The third kappa shape index (κ3) is 5.40. The number of carbonyl (C=O) groups excluding carboxylic acids is 2. The van der Waals surface area contributed by atoms with E-state index >= 15 is 0 Å². The minimum absolute atomic E-state index is 0.249. The number of aromatic nitrogens is 3. The van der Waals surface area contributed by atoms with E-state index in [0.717, 1.165) is 11.1 Å². The van der Waals surface area contributed by atoms with E-state index in [1.807, 2.05) is 19.1 Å². The van der Waals surface area contributed by atoms with Gasteiger partial charge in [-0.1, -0.05) is 35.9 Å². The van der Waals surface area contributed by atoms with Crippen LogP contribution in [0.3, 0.4) is 0 Å². The highest BCUT2D eigenvalue weighted by Gasteiger charge is 2.13. The van der Waals surface area contributed by atoms with E-state index in [-0.39, 0.29) is 18.6 Å². The van der Waals surface area contributed by atoms with Crippen LogP contribution < -0.4 is 5.32 Å². The van der Waals surface area contributed by atoms with Gasteiger partial charge in [0.1, 0.15) is 12.7 Å². The number of hydrogen-bond donors (Lipinski definition) is 1. The molecule has 0 aliphatic rings. The van der Waals surface area contributed by atoms with Gasteiger partial charge in [0.25, 0.3) is 5.91 Å². The lowest BCUT2D eigenvalue weighted by molar-refractivity contribution is -0.124. The molecule has 0 bridgehead atoms. The largest absolute Gasteiger partial charge is 0.452 e. The molecule has 144 valence electrons. The molecule has 3 aromatic rings. The molecule has 8 heteroatoms. The second-order valence-corrected chi connectivity index (χ2v) is 6.65. The summed E-state index contributed by atoms with van der Waals surface area (Å²) in [5, 5.41) is 7.40. The highest BCUT2D eigenvalue weighted by molar-refractivity contribution is 6.30. The number of benzene rings is 2. The van der Waals surface area contributed by atoms with Crippen molar-refractivity contribution in [3.05, 3.63) is 82.9 Å². The van der Waals surface area contributed by atoms with Crippen LogP contribution in [0.1, 0.15) is 34.5 Å². The van der Waals surface area contributed by atoms with E-state index in [0.29, 0.717) is 17.1 Å². The number of ether oxygens (including phenoxy) is 1. The summed E-state index contributed by atoms with van der Waals surface area (Å²) >= 11 is 5.96.